The van der Waals surface area contributed by atoms with Crippen LogP contribution in [0.25, 0.3) is 11.3 Å². The zero-order valence-electron chi connectivity index (χ0n) is 7.62. The van der Waals surface area contributed by atoms with E-state index in [2.05, 4.69) is 4.98 Å². The smallest absolute Gasteiger partial charge is 0.292 e. The molecule has 0 aliphatic rings. The van der Waals surface area contributed by atoms with Crippen molar-refractivity contribution in [1.82, 2.24) is 4.98 Å². The summed E-state index contributed by atoms with van der Waals surface area (Å²) in [4.78, 5) is 3.72. The maximum Gasteiger partial charge on any atom is 0.292 e. The fourth-order valence-electron chi connectivity index (χ4n) is 1.35. The van der Waals surface area contributed by atoms with E-state index in [9.17, 15) is 4.39 Å². The molecular formula is C10H9FN2O. The van der Waals surface area contributed by atoms with E-state index in [1.54, 1.807) is 19.1 Å². The summed E-state index contributed by atoms with van der Waals surface area (Å²) in [7, 11) is 0. The van der Waals surface area contributed by atoms with Gasteiger partial charge < -0.3 is 10.2 Å². The van der Waals surface area contributed by atoms with Crippen molar-refractivity contribution in [3.05, 3.63) is 35.8 Å². The first kappa shape index (κ1) is 8.74. The van der Waals surface area contributed by atoms with Crippen molar-refractivity contribution in [2.24, 2.45) is 0 Å². The number of hydrogen-bond acceptors (Lipinski definition) is 3. The molecule has 0 unspecified atom stereocenters. The highest BCUT2D eigenvalue weighted by molar-refractivity contribution is 5.62. The van der Waals surface area contributed by atoms with Crippen molar-refractivity contribution in [2.45, 2.75) is 6.92 Å². The molecule has 0 spiro atoms. The van der Waals surface area contributed by atoms with Gasteiger partial charge in [0.05, 0.1) is 11.8 Å². The molecule has 0 bridgehead atoms. The van der Waals surface area contributed by atoms with E-state index in [4.69, 9.17) is 10.2 Å². The van der Waals surface area contributed by atoms with E-state index in [1.807, 2.05) is 0 Å². The van der Waals surface area contributed by atoms with Crippen LogP contribution in [0.2, 0.25) is 0 Å². The molecule has 0 aliphatic heterocycles. The normalized spacial score (nSPS) is 10.4. The highest BCUT2D eigenvalue weighted by atomic mass is 19.1. The van der Waals surface area contributed by atoms with Gasteiger partial charge in [-0.1, -0.05) is 12.1 Å². The quantitative estimate of drug-likeness (QED) is 0.754. The van der Waals surface area contributed by atoms with Crippen LogP contribution in [-0.4, -0.2) is 4.98 Å². The summed E-state index contributed by atoms with van der Waals surface area (Å²) in [5, 5.41) is 0. The minimum Gasteiger partial charge on any atom is -0.424 e. The Morgan fingerprint density at radius 3 is 2.79 bits per heavy atom. The minimum absolute atomic E-state index is 0.0441. The lowest BCUT2D eigenvalue weighted by atomic mass is 10.1. The summed E-state index contributed by atoms with van der Waals surface area (Å²) in [6.45, 7) is 1.80. The molecule has 0 radical (unpaired) electrons. The van der Waals surface area contributed by atoms with Gasteiger partial charge in [0.2, 0.25) is 0 Å². The van der Waals surface area contributed by atoms with Gasteiger partial charge in [0.25, 0.3) is 6.01 Å². The van der Waals surface area contributed by atoms with Gasteiger partial charge in [-0.05, 0) is 18.6 Å². The Bertz CT molecular complexity index is 445. The number of hydrogen-bond donors (Lipinski definition) is 1. The monoisotopic (exact) mass is 192 g/mol. The van der Waals surface area contributed by atoms with Crippen molar-refractivity contribution >= 4 is 6.01 Å². The largest absolute Gasteiger partial charge is 0.424 e. The molecule has 0 saturated carbocycles. The molecule has 0 fully saturated rings. The van der Waals surface area contributed by atoms with Crippen LogP contribution in [0.3, 0.4) is 0 Å². The Morgan fingerprint density at radius 2 is 2.21 bits per heavy atom. The van der Waals surface area contributed by atoms with Gasteiger partial charge in [-0.25, -0.2) is 9.37 Å². The van der Waals surface area contributed by atoms with Crippen LogP contribution >= 0.6 is 0 Å². The third-order valence-electron chi connectivity index (χ3n) is 1.99. The minimum atomic E-state index is -0.332. The molecule has 0 atom stereocenters. The second-order valence-corrected chi connectivity index (χ2v) is 2.99. The second-order valence-electron chi connectivity index (χ2n) is 2.99. The van der Waals surface area contributed by atoms with E-state index in [0.29, 0.717) is 11.3 Å². The Labute approximate surface area is 80.4 Å². The van der Waals surface area contributed by atoms with Crippen LogP contribution in [0.5, 0.6) is 0 Å². The zero-order valence-corrected chi connectivity index (χ0v) is 7.62. The van der Waals surface area contributed by atoms with Crippen molar-refractivity contribution in [1.29, 1.82) is 0 Å². The molecule has 1 aromatic carbocycles. The second kappa shape index (κ2) is 3.14. The summed E-state index contributed by atoms with van der Waals surface area (Å²) in [5.74, 6) is 0.0271. The number of aromatic nitrogens is 1. The predicted octanol–water partition coefficient (Wildman–Crippen LogP) is 2.37. The topological polar surface area (TPSA) is 52.0 Å². The molecule has 1 aromatic heterocycles. The molecule has 3 nitrogen and oxygen atoms in total. The average molecular weight is 192 g/mol. The molecule has 4 heteroatoms. The number of rotatable bonds is 1. The predicted molar refractivity (Wildman–Crippen MR) is 51.0 cm³/mol. The summed E-state index contributed by atoms with van der Waals surface area (Å²) < 4.78 is 18.5. The first-order valence-corrected chi connectivity index (χ1v) is 4.15. The van der Waals surface area contributed by atoms with E-state index >= 15 is 0 Å². The van der Waals surface area contributed by atoms with Gasteiger partial charge in [-0.2, -0.15) is 0 Å². The standard InChI is InChI=1S/C10H9FN2O/c1-6-3-2-4-7(11)9(6)8-5-13-10(12)14-8/h2-5H,1H3,(H2,12,13). The fraction of sp³-hybridized carbons (Fsp3) is 0.100. The number of halogens is 1. The number of aryl methyl sites for hydroxylation is 1. The maximum atomic E-state index is 13.4. The van der Waals surface area contributed by atoms with E-state index < -0.39 is 0 Å². The van der Waals surface area contributed by atoms with Crippen LogP contribution in [0.15, 0.2) is 28.8 Å². The zero-order chi connectivity index (χ0) is 10.1. The molecule has 2 aromatic rings. The van der Waals surface area contributed by atoms with E-state index in [1.165, 1.54) is 12.3 Å². The third-order valence-corrected chi connectivity index (χ3v) is 1.99. The fourth-order valence-corrected chi connectivity index (χ4v) is 1.35. The molecule has 0 amide bonds. The SMILES string of the molecule is Cc1cccc(F)c1-c1cnc(N)o1. The molecule has 1 heterocycles. The van der Waals surface area contributed by atoms with Gasteiger partial charge in [0.1, 0.15) is 5.82 Å². The summed E-state index contributed by atoms with van der Waals surface area (Å²) >= 11 is 0. The first-order valence-electron chi connectivity index (χ1n) is 4.15. The van der Waals surface area contributed by atoms with Crippen LogP contribution in [0.1, 0.15) is 5.56 Å². The maximum absolute atomic E-state index is 13.4. The lowest BCUT2D eigenvalue weighted by Crippen LogP contribution is -1.86. The number of benzene rings is 1. The number of anilines is 1. The molecular weight excluding hydrogens is 183 g/mol. The van der Waals surface area contributed by atoms with E-state index in [-0.39, 0.29) is 11.8 Å². The van der Waals surface area contributed by atoms with Crippen LogP contribution in [0, 0.1) is 12.7 Å². The highest BCUT2D eigenvalue weighted by Gasteiger charge is 2.11. The average Bonchev–Trinajstić information content (AvgIpc) is 2.51. The Morgan fingerprint density at radius 1 is 1.43 bits per heavy atom. The van der Waals surface area contributed by atoms with Crippen molar-refractivity contribution in [3.8, 4) is 11.3 Å². The molecule has 0 saturated heterocycles. The number of oxazole rings is 1. The van der Waals surface area contributed by atoms with Crippen LogP contribution < -0.4 is 5.73 Å². The van der Waals surface area contributed by atoms with E-state index in [0.717, 1.165) is 5.56 Å². The molecule has 72 valence electrons. The van der Waals surface area contributed by atoms with Gasteiger partial charge in [-0.3, -0.25) is 0 Å². The summed E-state index contributed by atoms with van der Waals surface area (Å²) in [5.41, 5.74) is 6.52. The highest BCUT2D eigenvalue weighted by Crippen LogP contribution is 2.27. The van der Waals surface area contributed by atoms with Crippen molar-refractivity contribution in [2.75, 3.05) is 5.73 Å². The number of nitrogen functional groups attached to an aromatic ring is 1. The number of nitrogens with two attached hydrogens (primary N) is 1. The van der Waals surface area contributed by atoms with Gasteiger partial charge in [0, 0.05) is 0 Å². The summed E-state index contributed by atoms with van der Waals surface area (Å²) in [6.07, 6.45) is 1.42. The van der Waals surface area contributed by atoms with Gasteiger partial charge in [0.15, 0.2) is 5.76 Å². The number of nitrogens with zero attached hydrogens (tertiary/aromatic N) is 1. The van der Waals surface area contributed by atoms with Crippen molar-refractivity contribution in [3.63, 3.8) is 0 Å². The Hall–Kier alpha value is -1.84. The summed E-state index contributed by atoms with van der Waals surface area (Å²) in [6, 6.07) is 4.87. The molecule has 0 aliphatic carbocycles. The lowest BCUT2D eigenvalue weighted by molar-refractivity contribution is 0.579. The Balaban J connectivity index is 2.61. The molecule has 2 N–H and O–H groups in total. The molecule has 14 heavy (non-hydrogen) atoms. The van der Waals surface area contributed by atoms with Gasteiger partial charge in [-0.15, -0.1) is 0 Å². The van der Waals surface area contributed by atoms with Crippen LogP contribution in [-0.2, 0) is 0 Å². The van der Waals surface area contributed by atoms with Gasteiger partial charge >= 0.3 is 0 Å². The third kappa shape index (κ3) is 1.35. The Kier molecular flexibility index (Phi) is 1.96. The molecule has 2 rings (SSSR count). The lowest BCUT2D eigenvalue weighted by Gasteiger charge is -2.02. The van der Waals surface area contributed by atoms with Crippen LogP contribution in [0.4, 0.5) is 10.4 Å². The first-order chi connectivity index (χ1) is 6.68. The van der Waals surface area contributed by atoms with Crippen molar-refractivity contribution < 1.29 is 8.81 Å².